The molecule has 2 aromatic carbocycles. The van der Waals surface area contributed by atoms with Crippen molar-refractivity contribution in [1.29, 1.82) is 0 Å². The fourth-order valence-corrected chi connectivity index (χ4v) is 3.75. The Morgan fingerprint density at radius 2 is 2.00 bits per heavy atom. The van der Waals surface area contributed by atoms with Crippen molar-refractivity contribution >= 4 is 39.1 Å². The number of unbranched alkanes of at least 4 members (excludes halogenated alkanes) is 1. The molecule has 1 amide bonds. The number of aromatic nitrogens is 1. The minimum absolute atomic E-state index is 0.0827. The van der Waals surface area contributed by atoms with E-state index < -0.39 is 0 Å². The van der Waals surface area contributed by atoms with Crippen LogP contribution < -0.4 is 5.32 Å². The zero-order valence-electron chi connectivity index (χ0n) is 13.3. The van der Waals surface area contributed by atoms with E-state index in [0.29, 0.717) is 18.0 Å². The standard InChI is InChI=1S/C19H19ClN2OS/c20-15-7-5-6-14(12-15)13-21-18(23)10-3-4-11-19-22-16-8-1-2-9-17(16)24-19/h1-2,5-9,12H,3-4,10-11,13H2,(H,21,23). The summed E-state index contributed by atoms with van der Waals surface area (Å²) in [6, 6.07) is 15.7. The minimum Gasteiger partial charge on any atom is -0.352 e. The van der Waals surface area contributed by atoms with Crippen LogP contribution in [0.4, 0.5) is 0 Å². The first-order valence-electron chi connectivity index (χ1n) is 8.06. The molecule has 0 bridgehead atoms. The average molecular weight is 359 g/mol. The Morgan fingerprint density at radius 3 is 2.83 bits per heavy atom. The normalized spacial score (nSPS) is 10.9. The van der Waals surface area contributed by atoms with Crippen LogP contribution >= 0.6 is 22.9 Å². The van der Waals surface area contributed by atoms with Crippen LogP contribution in [0.2, 0.25) is 5.02 Å². The topological polar surface area (TPSA) is 42.0 Å². The van der Waals surface area contributed by atoms with Crippen LogP contribution in [0.25, 0.3) is 10.2 Å². The number of rotatable bonds is 7. The number of nitrogens with one attached hydrogen (secondary N) is 1. The molecule has 0 saturated heterocycles. The van der Waals surface area contributed by atoms with Gasteiger partial charge in [0.25, 0.3) is 0 Å². The van der Waals surface area contributed by atoms with Gasteiger partial charge in [0.05, 0.1) is 15.2 Å². The molecular weight excluding hydrogens is 340 g/mol. The van der Waals surface area contributed by atoms with E-state index in [1.807, 2.05) is 42.5 Å². The molecule has 0 atom stereocenters. The second-order valence-corrected chi connectivity index (χ2v) is 7.24. The molecule has 0 aliphatic rings. The van der Waals surface area contributed by atoms with Crippen molar-refractivity contribution in [3.05, 3.63) is 64.1 Å². The highest BCUT2D eigenvalue weighted by Crippen LogP contribution is 2.22. The highest BCUT2D eigenvalue weighted by Gasteiger charge is 2.05. The van der Waals surface area contributed by atoms with Gasteiger partial charge in [-0.25, -0.2) is 4.98 Å². The first kappa shape index (κ1) is 16.9. The molecule has 0 radical (unpaired) electrons. The zero-order valence-corrected chi connectivity index (χ0v) is 14.9. The van der Waals surface area contributed by atoms with E-state index >= 15 is 0 Å². The fraction of sp³-hybridized carbons (Fsp3) is 0.263. The molecule has 0 unspecified atom stereocenters. The monoisotopic (exact) mass is 358 g/mol. The molecule has 0 aliphatic heterocycles. The van der Waals surface area contributed by atoms with Gasteiger partial charge >= 0.3 is 0 Å². The highest BCUT2D eigenvalue weighted by molar-refractivity contribution is 7.18. The minimum atomic E-state index is 0.0827. The first-order valence-corrected chi connectivity index (χ1v) is 9.26. The van der Waals surface area contributed by atoms with Crippen LogP contribution in [0.15, 0.2) is 48.5 Å². The average Bonchev–Trinajstić information content (AvgIpc) is 3.00. The van der Waals surface area contributed by atoms with Gasteiger partial charge in [-0.2, -0.15) is 0 Å². The van der Waals surface area contributed by atoms with E-state index in [4.69, 9.17) is 11.6 Å². The van der Waals surface area contributed by atoms with E-state index in [1.54, 1.807) is 11.3 Å². The van der Waals surface area contributed by atoms with Gasteiger partial charge in [0.2, 0.25) is 5.91 Å². The number of nitrogens with zero attached hydrogens (tertiary/aromatic N) is 1. The van der Waals surface area contributed by atoms with Crippen molar-refractivity contribution in [1.82, 2.24) is 10.3 Å². The maximum atomic E-state index is 11.9. The van der Waals surface area contributed by atoms with Gasteiger partial charge in [-0.3, -0.25) is 4.79 Å². The van der Waals surface area contributed by atoms with Crippen LogP contribution in [0.5, 0.6) is 0 Å². The van der Waals surface area contributed by atoms with E-state index in [-0.39, 0.29) is 5.91 Å². The molecule has 0 aliphatic carbocycles. The number of halogens is 1. The molecule has 3 rings (SSSR count). The smallest absolute Gasteiger partial charge is 0.220 e. The summed E-state index contributed by atoms with van der Waals surface area (Å²) < 4.78 is 1.23. The molecule has 24 heavy (non-hydrogen) atoms. The second kappa shape index (κ2) is 8.27. The summed E-state index contributed by atoms with van der Waals surface area (Å²) in [4.78, 5) is 16.5. The number of para-hydroxylation sites is 1. The predicted molar refractivity (Wildman–Crippen MR) is 100 cm³/mol. The van der Waals surface area contributed by atoms with Gasteiger partial charge in [0.15, 0.2) is 0 Å². The number of aryl methyl sites for hydroxylation is 1. The predicted octanol–water partition coefficient (Wildman–Crippen LogP) is 4.98. The third-order valence-electron chi connectivity index (χ3n) is 3.76. The third kappa shape index (κ3) is 4.79. The molecule has 1 aromatic heterocycles. The lowest BCUT2D eigenvalue weighted by molar-refractivity contribution is -0.121. The lowest BCUT2D eigenvalue weighted by atomic mass is 10.2. The van der Waals surface area contributed by atoms with Crippen LogP contribution in [0.1, 0.15) is 29.8 Å². The van der Waals surface area contributed by atoms with Gasteiger partial charge in [-0.15, -0.1) is 11.3 Å². The molecule has 3 aromatic rings. The molecule has 0 spiro atoms. The van der Waals surface area contributed by atoms with E-state index in [1.165, 1.54) is 4.70 Å². The largest absolute Gasteiger partial charge is 0.352 e. The van der Waals surface area contributed by atoms with Gasteiger partial charge in [-0.05, 0) is 49.1 Å². The maximum Gasteiger partial charge on any atom is 0.220 e. The first-order chi connectivity index (χ1) is 11.7. The molecular formula is C19H19ClN2OS. The van der Waals surface area contributed by atoms with Crippen molar-refractivity contribution in [2.45, 2.75) is 32.2 Å². The quantitative estimate of drug-likeness (QED) is 0.605. The second-order valence-electron chi connectivity index (χ2n) is 5.69. The van der Waals surface area contributed by atoms with Gasteiger partial charge < -0.3 is 5.32 Å². The SMILES string of the molecule is O=C(CCCCc1nc2ccccc2s1)NCc1cccc(Cl)c1. The van der Waals surface area contributed by atoms with E-state index in [0.717, 1.165) is 35.4 Å². The van der Waals surface area contributed by atoms with Crippen LogP contribution in [0.3, 0.4) is 0 Å². The third-order valence-corrected chi connectivity index (χ3v) is 5.09. The van der Waals surface area contributed by atoms with E-state index in [9.17, 15) is 4.79 Å². The van der Waals surface area contributed by atoms with Crippen LogP contribution in [0, 0.1) is 0 Å². The summed E-state index contributed by atoms with van der Waals surface area (Å²) in [7, 11) is 0. The Kier molecular flexibility index (Phi) is 5.83. The molecule has 5 heteroatoms. The number of fused-ring (bicyclic) bond motifs is 1. The number of benzene rings is 2. The van der Waals surface area contributed by atoms with Crippen molar-refractivity contribution in [3.8, 4) is 0 Å². The number of amides is 1. The lowest BCUT2D eigenvalue weighted by Gasteiger charge is -2.05. The van der Waals surface area contributed by atoms with Crippen molar-refractivity contribution in [3.63, 3.8) is 0 Å². The number of thiazole rings is 1. The molecule has 0 fully saturated rings. The van der Waals surface area contributed by atoms with Crippen LogP contribution in [-0.4, -0.2) is 10.9 Å². The number of hydrogen-bond donors (Lipinski definition) is 1. The van der Waals surface area contributed by atoms with Crippen LogP contribution in [-0.2, 0) is 17.8 Å². The molecule has 1 N–H and O–H groups in total. The summed E-state index contributed by atoms with van der Waals surface area (Å²) in [5, 5.41) is 4.78. The Morgan fingerprint density at radius 1 is 1.12 bits per heavy atom. The lowest BCUT2D eigenvalue weighted by Crippen LogP contribution is -2.22. The Balaban J connectivity index is 1.37. The fourth-order valence-electron chi connectivity index (χ4n) is 2.52. The molecule has 1 heterocycles. The van der Waals surface area contributed by atoms with Crippen molar-refractivity contribution < 1.29 is 4.79 Å². The molecule has 124 valence electrons. The molecule has 3 nitrogen and oxygen atoms in total. The molecule has 0 saturated carbocycles. The summed E-state index contributed by atoms with van der Waals surface area (Å²) in [5.41, 5.74) is 2.09. The highest BCUT2D eigenvalue weighted by atomic mass is 35.5. The number of carbonyl (C=O) groups excluding carboxylic acids is 1. The van der Waals surface area contributed by atoms with Crippen molar-refractivity contribution in [2.75, 3.05) is 0 Å². The zero-order chi connectivity index (χ0) is 16.8. The Bertz CT molecular complexity index is 798. The summed E-state index contributed by atoms with van der Waals surface area (Å²) >= 11 is 7.67. The number of carbonyl (C=O) groups is 1. The summed E-state index contributed by atoms with van der Waals surface area (Å²) in [6.07, 6.45) is 3.33. The summed E-state index contributed by atoms with van der Waals surface area (Å²) in [5.74, 6) is 0.0827. The Hall–Kier alpha value is -1.91. The summed E-state index contributed by atoms with van der Waals surface area (Å²) in [6.45, 7) is 0.525. The Labute approximate surface area is 150 Å². The number of hydrogen-bond acceptors (Lipinski definition) is 3. The van der Waals surface area contributed by atoms with Crippen molar-refractivity contribution in [2.24, 2.45) is 0 Å². The van der Waals surface area contributed by atoms with Gasteiger partial charge in [-0.1, -0.05) is 35.9 Å². The van der Waals surface area contributed by atoms with Gasteiger partial charge in [0, 0.05) is 18.0 Å². The van der Waals surface area contributed by atoms with Gasteiger partial charge in [0.1, 0.15) is 0 Å². The van der Waals surface area contributed by atoms with E-state index in [2.05, 4.69) is 16.4 Å². The maximum absolute atomic E-state index is 11.9.